The fraction of sp³-hybridized carbons (Fsp3) is 0.737. The predicted molar refractivity (Wildman–Crippen MR) is 100 cm³/mol. The Labute approximate surface area is 151 Å². The van der Waals surface area contributed by atoms with E-state index in [2.05, 4.69) is 15.6 Å². The largest absolute Gasteiger partial charge is 0.469 e. The topological polar surface area (TPSA) is 68.0 Å². The molecule has 2 rings (SSSR count). The van der Waals surface area contributed by atoms with E-state index in [1.807, 2.05) is 19.1 Å². The zero-order valence-corrected chi connectivity index (χ0v) is 15.5. The molecule has 0 amide bonds. The summed E-state index contributed by atoms with van der Waals surface area (Å²) in [5, 5.41) is 6.81. The smallest absolute Gasteiger partial charge is 0.191 e. The number of hydrogen-bond acceptors (Lipinski definition) is 4. The minimum atomic E-state index is 0.392. The van der Waals surface area contributed by atoms with Crippen LogP contribution in [0.3, 0.4) is 0 Å². The number of guanidine groups is 1. The first-order valence-electron chi connectivity index (χ1n) is 9.62. The molecular weight excluding hydrogens is 318 g/mol. The maximum atomic E-state index is 5.79. The van der Waals surface area contributed by atoms with Gasteiger partial charge in [0.15, 0.2) is 5.96 Å². The molecule has 0 saturated carbocycles. The van der Waals surface area contributed by atoms with Crippen LogP contribution in [0.1, 0.15) is 44.8 Å². The van der Waals surface area contributed by atoms with Gasteiger partial charge in [-0.05, 0) is 51.2 Å². The lowest BCUT2D eigenvalue weighted by molar-refractivity contribution is 0.0122. The van der Waals surface area contributed by atoms with Gasteiger partial charge in [0.2, 0.25) is 0 Å². The van der Waals surface area contributed by atoms with Crippen molar-refractivity contribution >= 4 is 5.96 Å². The van der Waals surface area contributed by atoms with Crippen LogP contribution >= 0.6 is 0 Å². The molecule has 1 aliphatic heterocycles. The van der Waals surface area contributed by atoms with E-state index in [1.165, 1.54) is 19.3 Å². The number of aliphatic imine (C=N–C) groups is 1. The van der Waals surface area contributed by atoms with Gasteiger partial charge in [0.1, 0.15) is 5.76 Å². The number of furan rings is 1. The lowest BCUT2D eigenvalue weighted by atomic mass is 10.1. The van der Waals surface area contributed by atoms with Crippen LogP contribution in [-0.4, -0.2) is 51.5 Å². The van der Waals surface area contributed by atoms with E-state index in [9.17, 15) is 0 Å². The van der Waals surface area contributed by atoms with Gasteiger partial charge in [-0.2, -0.15) is 0 Å². The second-order valence-corrected chi connectivity index (χ2v) is 6.24. The summed E-state index contributed by atoms with van der Waals surface area (Å²) in [6, 6.07) is 3.91. The highest BCUT2D eigenvalue weighted by Gasteiger charge is 2.13. The van der Waals surface area contributed by atoms with Crippen LogP contribution in [0, 0.1) is 0 Å². The SMILES string of the molecule is CCOCCCN=C(NCCc1ccco1)NCCC1CCCCO1. The Morgan fingerprint density at radius 2 is 2.24 bits per heavy atom. The molecule has 1 fully saturated rings. The fourth-order valence-corrected chi connectivity index (χ4v) is 2.82. The number of hydrogen-bond donors (Lipinski definition) is 2. The van der Waals surface area contributed by atoms with Crippen molar-refractivity contribution in [2.45, 2.75) is 51.6 Å². The van der Waals surface area contributed by atoms with E-state index >= 15 is 0 Å². The number of rotatable bonds is 11. The van der Waals surface area contributed by atoms with Crippen LogP contribution < -0.4 is 10.6 Å². The maximum absolute atomic E-state index is 5.79. The third kappa shape index (κ3) is 8.93. The average Bonchev–Trinajstić information content (AvgIpc) is 3.15. The van der Waals surface area contributed by atoms with Gasteiger partial charge in [-0.1, -0.05) is 0 Å². The number of nitrogens with one attached hydrogen (secondary N) is 2. The lowest BCUT2D eigenvalue weighted by Gasteiger charge is -2.23. The highest BCUT2D eigenvalue weighted by atomic mass is 16.5. The van der Waals surface area contributed by atoms with Crippen molar-refractivity contribution in [2.75, 3.05) is 39.5 Å². The molecule has 2 N–H and O–H groups in total. The Morgan fingerprint density at radius 3 is 3.00 bits per heavy atom. The van der Waals surface area contributed by atoms with Crippen molar-refractivity contribution in [1.82, 2.24) is 10.6 Å². The molecular formula is C19H33N3O3. The number of nitrogens with zero attached hydrogens (tertiary/aromatic N) is 1. The van der Waals surface area contributed by atoms with E-state index in [-0.39, 0.29) is 0 Å². The van der Waals surface area contributed by atoms with Crippen LogP contribution in [-0.2, 0) is 15.9 Å². The minimum Gasteiger partial charge on any atom is -0.469 e. The Kier molecular flexibility index (Phi) is 10.1. The summed E-state index contributed by atoms with van der Waals surface area (Å²) in [6.07, 6.45) is 8.56. The molecule has 142 valence electrons. The molecule has 1 unspecified atom stereocenters. The summed E-state index contributed by atoms with van der Waals surface area (Å²) in [7, 11) is 0. The van der Waals surface area contributed by atoms with Crippen molar-refractivity contribution in [3.8, 4) is 0 Å². The molecule has 1 aliphatic rings. The van der Waals surface area contributed by atoms with Gasteiger partial charge in [0, 0.05) is 45.9 Å². The molecule has 2 heterocycles. The standard InChI is InChI=1S/C19H33N3O3/c1-2-23-14-6-11-20-19(22-13-10-18-8-5-16-25-18)21-12-9-17-7-3-4-15-24-17/h5,8,16-17H,2-4,6-7,9-15H2,1H3,(H2,20,21,22). The van der Waals surface area contributed by atoms with Crippen molar-refractivity contribution in [2.24, 2.45) is 4.99 Å². The van der Waals surface area contributed by atoms with Crippen LogP contribution in [0.2, 0.25) is 0 Å². The van der Waals surface area contributed by atoms with Crippen LogP contribution in [0.4, 0.5) is 0 Å². The molecule has 6 heteroatoms. The minimum absolute atomic E-state index is 0.392. The van der Waals surface area contributed by atoms with Gasteiger partial charge in [0.05, 0.1) is 12.4 Å². The summed E-state index contributed by atoms with van der Waals surface area (Å²) in [5.74, 6) is 1.85. The van der Waals surface area contributed by atoms with Crippen LogP contribution in [0.25, 0.3) is 0 Å². The first-order chi connectivity index (χ1) is 12.4. The highest BCUT2D eigenvalue weighted by Crippen LogP contribution is 2.14. The van der Waals surface area contributed by atoms with Gasteiger partial charge < -0.3 is 24.5 Å². The lowest BCUT2D eigenvalue weighted by Crippen LogP contribution is -2.40. The maximum Gasteiger partial charge on any atom is 0.191 e. The van der Waals surface area contributed by atoms with Gasteiger partial charge in [-0.3, -0.25) is 4.99 Å². The molecule has 0 bridgehead atoms. The fourth-order valence-electron chi connectivity index (χ4n) is 2.82. The van der Waals surface area contributed by atoms with E-state index in [0.717, 1.165) is 70.4 Å². The zero-order valence-electron chi connectivity index (χ0n) is 15.5. The summed E-state index contributed by atoms with van der Waals surface area (Å²) in [4.78, 5) is 4.64. The van der Waals surface area contributed by atoms with Crippen molar-refractivity contribution < 1.29 is 13.9 Å². The number of ether oxygens (including phenoxy) is 2. The summed E-state index contributed by atoms with van der Waals surface area (Å²) in [6.45, 7) is 6.88. The van der Waals surface area contributed by atoms with Gasteiger partial charge in [0.25, 0.3) is 0 Å². The van der Waals surface area contributed by atoms with E-state index in [1.54, 1.807) is 6.26 Å². The zero-order chi connectivity index (χ0) is 17.6. The molecule has 1 aromatic heterocycles. The monoisotopic (exact) mass is 351 g/mol. The highest BCUT2D eigenvalue weighted by molar-refractivity contribution is 5.79. The van der Waals surface area contributed by atoms with Crippen LogP contribution in [0.5, 0.6) is 0 Å². The molecule has 1 aromatic rings. The van der Waals surface area contributed by atoms with E-state index in [0.29, 0.717) is 6.10 Å². The molecule has 0 radical (unpaired) electrons. The second-order valence-electron chi connectivity index (χ2n) is 6.24. The molecule has 1 saturated heterocycles. The third-order valence-corrected chi connectivity index (χ3v) is 4.20. The summed E-state index contributed by atoms with van der Waals surface area (Å²) >= 11 is 0. The van der Waals surface area contributed by atoms with E-state index < -0.39 is 0 Å². The predicted octanol–water partition coefficient (Wildman–Crippen LogP) is 2.74. The first kappa shape index (κ1) is 19.8. The molecule has 1 atom stereocenters. The Bertz CT molecular complexity index is 456. The Morgan fingerprint density at radius 1 is 1.32 bits per heavy atom. The average molecular weight is 351 g/mol. The van der Waals surface area contributed by atoms with E-state index in [4.69, 9.17) is 13.9 Å². The van der Waals surface area contributed by atoms with Crippen molar-refractivity contribution in [3.63, 3.8) is 0 Å². The normalized spacial score (nSPS) is 18.3. The summed E-state index contributed by atoms with van der Waals surface area (Å²) in [5.41, 5.74) is 0. The molecule has 6 nitrogen and oxygen atoms in total. The van der Waals surface area contributed by atoms with Crippen molar-refractivity contribution in [1.29, 1.82) is 0 Å². The Hall–Kier alpha value is -1.53. The third-order valence-electron chi connectivity index (χ3n) is 4.20. The van der Waals surface area contributed by atoms with Crippen molar-refractivity contribution in [3.05, 3.63) is 24.2 Å². The van der Waals surface area contributed by atoms with Gasteiger partial charge >= 0.3 is 0 Å². The molecule has 0 aromatic carbocycles. The molecule has 0 aliphatic carbocycles. The Balaban J connectivity index is 1.68. The first-order valence-corrected chi connectivity index (χ1v) is 9.62. The second kappa shape index (κ2) is 12.8. The molecule has 0 spiro atoms. The quantitative estimate of drug-likeness (QED) is 0.364. The van der Waals surface area contributed by atoms with Gasteiger partial charge in [-0.15, -0.1) is 0 Å². The van der Waals surface area contributed by atoms with Crippen LogP contribution in [0.15, 0.2) is 27.8 Å². The van der Waals surface area contributed by atoms with Gasteiger partial charge in [-0.25, -0.2) is 0 Å². The molecule has 25 heavy (non-hydrogen) atoms. The summed E-state index contributed by atoms with van der Waals surface area (Å²) < 4.78 is 16.5.